The summed E-state index contributed by atoms with van der Waals surface area (Å²) in [5.41, 5.74) is 6.22. The van der Waals surface area contributed by atoms with Crippen LogP contribution in [0, 0.1) is 0 Å². The molecule has 0 bridgehead atoms. The molecule has 0 atom stereocenters. The topological polar surface area (TPSA) is 115 Å². The number of nitrogens with two attached hydrogens (primary N) is 1. The Balaban J connectivity index is 1.72. The van der Waals surface area contributed by atoms with Crippen molar-refractivity contribution in [2.45, 2.75) is 12.3 Å². The van der Waals surface area contributed by atoms with Gasteiger partial charge in [0.05, 0.1) is 18.2 Å². The van der Waals surface area contributed by atoms with Crippen LogP contribution in [0.3, 0.4) is 0 Å². The molecular weight excluding hydrogens is 396 g/mol. The van der Waals surface area contributed by atoms with Crippen LogP contribution in [0.4, 0.5) is 30.9 Å². The minimum atomic E-state index is -1.45. The highest BCUT2D eigenvalue weighted by molar-refractivity contribution is 6.00. The molecule has 2 heterocycles. The molecule has 0 aliphatic carbocycles. The standard InChI is InChI=1S/C20H21F2N5O3/c1-20(10-21,11-22)16-8-18(27-30-16)26-19(28)25-14-5-3-12(7-15(14)29-2)13-4-6-17(23)24-9-13/h3-9H,10-11H2,1-2H3,(H2,23,24)(H2,25,26,27,28). The Morgan fingerprint density at radius 3 is 2.53 bits per heavy atom. The number of nitrogen functional groups attached to an aromatic ring is 1. The molecule has 0 aliphatic rings. The number of rotatable bonds is 7. The molecule has 1 aromatic carbocycles. The largest absolute Gasteiger partial charge is 0.495 e. The summed E-state index contributed by atoms with van der Waals surface area (Å²) in [4.78, 5) is 16.4. The number of halogens is 2. The second kappa shape index (κ2) is 8.76. The van der Waals surface area contributed by atoms with Crippen molar-refractivity contribution >= 4 is 23.4 Å². The first kappa shape index (κ1) is 21.0. The molecule has 0 radical (unpaired) electrons. The average Bonchev–Trinajstić information content (AvgIpc) is 3.23. The van der Waals surface area contributed by atoms with Crippen molar-refractivity contribution in [1.82, 2.24) is 10.1 Å². The second-order valence-corrected chi connectivity index (χ2v) is 6.87. The molecule has 0 unspecified atom stereocenters. The SMILES string of the molecule is COc1cc(-c2ccc(N)nc2)ccc1NC(=O)Nc1cc(C(C)(CF)CF)on1. The fourth-order valence-corrected chi connectivity index (χ4v) is 2.61. The number of nitrogens with one attached hydrogen (secondary N) is 2. The normalized spacial score (nSPS) is 11.2. The number of hydrogen-bond acceptors (Lipinski definition) is 6. The van der Waals surface area contributed by atoms with Gasteiger partial charge in [0.1, 0.15) is 30.7 Å². The minimum absolute atomic E-state index is 0.00170. The first-order valence-corrected chi connectivity index (χ1v) is 8.95. The highest BCUT2D eigenvalue weighted by Gasteiger charge is 2.32. The number of alkyl halides is 2. The first-order chi connectivity index (χ1) is 14.4. The number of aromatic nitrogens is 2. The Bertz CT molecular complexity index is 1020. The summed E-state index contributed by atoms with van der Waals surface area (Å²) in [6, 6.07) is 9.36. The van der Waals surface area contributed by atoms with Crippen LogP contribution in [0.5, 0.6) is 5.75 Å². The molecular formula is C20H21F2N5O3. The smallest absolute Gasteiger partial charge is 0.325 e. The van der Waals surface area contributed by atoms with E-state index in [1.807, 2.05) is 6.07 Å². The van der Waals surface area contributed by atoms with Gasteiger partial charge in [0.15, 0.2) is 5.82 Å². The van der Waals surface area contributed by atoms with Crippen molar-refractivity contribution in [3.8, 4) is 16.9 Å². The van der Waals surface area contributed by atoms with Crippen molar-refractivity contribution in [3.05, 3.63) is 48.4 Å². The third-order valence-corrected chi connectivity index (χ3v) is 4.51. The number of pyridine rings is 1. The van der Waals surface area contributed by atoms with E-state index in [9.17, 15) is 13.6 Å². The van der Waals surface area contributed by atoms with Gasteiger partial charge >= 0.3 is 6.03 Å². The molecule has 30 heavy (non-hydrogen) atoms. The van der Waals surface area contributed by atoms with Crippen LogP contribution in [0.25, 0.3) is 11.1 Å². The maximum Gasteiger partial charge on any atom is 0.325 e. The summed E-state index contributed by atoms with van der Waals surface area (Å²) < 4.78 is 36.5. The molecule has 0 fully saturated rings. The molecule has 2 aromatic heterocycles. The van der Waals surface area contributed by atoms with Crippen molar-refractivity contribution in [2.24, 2.45) is 0 Å². The van der Waals surface area contributed by atoms with Gasteiger partial charge in [-0.15, -0.1) is 0 Å². The molecule has 0 saturated heterocycles. The van der Waals surface area contributed by atoms with Crippen LogP contribution in [-0.2, 0) is 5.41 Å². The summed E-state index contributed by atoms with van der Waals surface area (Å²) in [5, 5.41) is 8.72. The molecule has 0 spiro atoms. The summed E-state index contributed by atoms with van der Waals surface area (Å²) in [5.74, 6) is 0.860. The molecule has 158 valence electrons. The van der Waals surface area contributed by atoms with Crippen molar-refractivity contribution < 1.29 is 22.8 Å². The van der Waals surface area contributed by atoms with Crippen LogP contribution in [-0.4, -0.2) is 36.6 Å². The lowest BCUT2D eigenvalue weighted by atomic mass is 9.91. The van der Waals surface area contributed by atoms with Crippen molar-refractivity contribution in [2.75, 3.05) is 36.8 Å². The summed E-state index contributed by atoms with van der Waals surface area (Å²) in [6.07, 6.45) is 1.63. The van der Waals surface area contributed by atoms with Gasteiger partial charge in [-0.25, -0.2) is 18.6 Å². The van der Waals surface area contributed by atoms with Crippen LogP contribution in [0.15, 0.2) is 47.1 Å². The number of ether oxygens (including phenoxy) is 1. The van der Waals surface area contributed by atoms with Crippen molar-refractivity contribution in [1.29, 1.82) is 0 Å². The van der Waals surface area contributed by atoms with E-state index in [0.717, 1.165) is 11.1 Å². The van der Waals surface area contributed by atoms with E-state index in [-0.39, 0.29) is 11.6 Å². The third-order valence-electron chi connectivity index (χ3n) is 4.51. The van der Waals surface area contributed by atoms with Crippen LogP contribution >= 0.6 is 0 Å². The minimum Gasteiger partial charge on any atom is -0.495 e. The highest BCUT2D eigenvalue weighted by atomic mass is 19.1. The Morgan fingerprint density at radius 1 is 1.17 bits per heavy atom. The zero-order valence-corrected chi connectivity index (χ0v) is 16.4. The van der Waals surface area contributed by atoms with E-state index in [4.69, 9.17) is 15.0 Å². The molecule has 0 saturated carbocycles. The molecule has 10 heteroatoms. The van der Waals surface area contributed by atoms with E-state index >= 15 is 0 Å². The number of carbonyl (C=O) groups is 1. The molecule has 4 N–H and O–H groups in total. The van der Waals surface area contributed by atoms with E-state index in [1.54, 1.807) is 30.5 Å². The number of anilines is 3. The maximum absolute atomic E-state index is 13.1. The Labute approximate surface area is 171 Å². The van der Waals surface area contributed by atoms with Gasteiger partial charge in [0.25, 0.3) is 0 Å². The van der Waals surface area contributed by atoms with Gasteiger partial charge in [-0.05, 0) is 36.8 Å². The summed E-state index contributed by atoms with van der Waals surface area (Å²) >= 11 is 0. The Hall–Kier alpha value is -3.69. The van der Waals surface area contributed by atoms with Gasteiger partial charge in [-0.3, -0.25) is 5.32 Å². The highest BCUT2D eigenvalue weighted by Crippen LogP contribution is 2.31. The van der Waals surface area contributed by atoms with E-state index in [0.29, 0.717) is 17.3 Å². The zero-order valence-electron chi connectivity index (χ0n) is 16.4. The molecule has 3 rings (SSSR count). The average molecular weight is 417 g/mol. The van der Waals surface area contributed by atoms with Crippen LogP contribution in [0.2, 0.25) is 0 Å². The number of benzene rings is 1. The van der Waals surface area contributed by atoms with Crippen LogP contribution < -0.4 is 21.1 Å². The lowest BCUT2D eigenvalue weighted by molar-refractivity contribution is 0.206. The van der Waals surface area contributed by atoms with Crippen molar-refractivity contribution in [3.63, 3.8) is 0 Å². The Morgan fingerprint density at radius 2 is 1.90 bits per heavy atom. The lowest BCUT2D eigenvalue weighted by Gasteiger charge is -2.17. The van der Waals surface area contributed by atoms with Crippen LogP contribution in [0.1, 0.15) is 12.7 Å². The summed E-state index contributed by atoms with van der Waals surface area (Å²) in [7, 11) is 1.47. The van der Waals surface area contributed by atoms with Gasteiger partial charge in [0.2, 0.25) is 0 Å². The van der Waals surface area contributed by atoms with E-state index in [2.05, 4.69) is 20.8 Å². The van der Waals surface area contributed by atoms with Gasteiger partial charge in [-0.2, -0.15) is 0 Å². The quantitative estimate of drug-likeness (QED) is 0.531. The van der Waals surface area contributed by atoms with Gasteiger partial charge in [0, 0.05) is 17.8 Å². The molecule has 3 aromatic rings. The molecule has 0 aliphatic heterocycles. The number of nitrogens with zero attached hydrogens (tertiary/aromatic N) is 2. The number of amides is 2. The predicted molar refractivity (Wildman–Crippen MR) is 109 cm³/mol. The molecule has 2 amide bonds. The lowest BCUT2D eigenvalue weighted by Crippen LogP contribution is -2.26. The number of urea groups is 1. The Kier molecular flexibility index (Phi) is 6.14. The number of carbonyl (C=O) groups excluding carboxylic acids is 1. The predicted octanol–water partition coefficient (Wildman–Crippen LogP) is 4.17. The third kappa shape index (κ3) is 4.48. The first-order valence-electron chi connectivity index (χ1n) is 8.95. The number of hydrogen-bond donors (Lipinski definition) is 3. The second-order valence-electron chi connectivity index (χ2n) is 6.87. The van der Waals surface area contributed by atoms with E-state index in [1.165, 1.54) is 20.1 Å². The summed E-state index contributed by atoms with van der Waals surface area (Å²) in [6.45, 7) is -0.560. The zero-order chi connectivity index (χ0) is 21.7. The fourth-order valence-electron chi connectivity index (χ4n) is 2.61. The number of methoxy groups -OCH3 is 1. The monoisotopic (exact) mass is 417 g/mol. The molecule has 8 nitrogen and oxygen atoms in total. The fraction of sp³-hybridized carbons (Fsp3) is 0.250. The van der Waals surface area contributed by atoms with E-state index < -0.39 is 24.8 Å². The van der Waals surface area contributed by atoms with Gasteiger partial charge < -0.3 is 20.3 Å². The maximum atomic E-state index is 13.1. The van der Waals surface area contributed by atoms with Gasteiger partial charge in [-0.1, -0.05) is 11.2 Å².